The predicted molar refractivity (Wildman–Crippen MR) is 54.6 cm³/mol. The van der Waals surface area contributed by atoms with Crippen LogP contribution in [0.15, 0.2) is 6.20 Å². The van der Waals surface area contributed by atoms with Crippen molar-refractivity contribution in [2.24, 2.45) is 7.05 Å². The Hall–Kier alpha value is -1.05. The summed E-state index contributed by atoms with van der Waals surface area (Å²) in [6.07, 6.45) is 1.58. The van der Waals surface area contributed by atoms with E-state index in [1.165, 1.54) is 4.68 Å². The molecule has 0 atom stereocenters. The molecule has 86 valence electrons. The first-order chi connectivity index (χ1) is 6.88. The highest BCUT2D eigenvalue weighted by Crippen LogP contribution is 2.29. The predicted octanol–water partition coefficient (Wildman–Crippen LogP) is 1.67. The van der Waals surface area contributed by atoms with Gasteiger partial charge in [0.15, 0.2) is 5.82 Å². The number of nitrogens with zero attached hydrogens (tertiary/aromatic N) is 2. The van der Waals surface area contributed by atoms with Crippen molar-refractivity contribution in [2.75, 3.05) is 23.3 Å². The first-order valence-corrected chi connectivity index (χ1v) is 5.11. The number of alkyl halides is 3. The number of aromatic nitrogens is 2. The fourth-order valence-electron chi connectivity index (χ4n) is 0.980. The number of anilines is 2. The van der Waals surface area contributed by atoms with Gasteiger partial charge in [-0.3, -0.25) is 4.68 Å². The van der Waals surface area contributed by atoms with Gasteiger partial charge in [0.25, 0.3) is 0 Å². The average molecular weight is 240 g/mol. The van der Waals surface area contributed by atoms with Crippen LogP contribution < -0.4 is 11.1 Å². The molecule has 0 fully saturated rings. The van der Waals surface area contributed by atoms with E-state index >= 15 is 0 Å². The van der Waals surface area contributed by atoms with Crippen LogP contribution in [-0.2, 0) is 7.05 Å². The molecule has 0 aliphatic carbocycles. The quantitative estimate of drug-likeness (QED) is 0.786. The number of nitrogens with one attached hydrogen (secondary N) is 1. The molecule has 0 aliphatic rings. The lowest BCUT2D eigenvalue weighted by atomic mass is 10.5. The molecular formula is C7H11F3N4S. The second kappa shape index (κ2) is 4.65. The summed E-state index contributed by atoms with van der Waals surface area (Å²) in [6, 6.07) is 0. The summed E-state index contributed by atoms with van der Waals surface area (Å²) in [5.74, 6) is 0.347. The number of nitrogens with two attached hydrogens (primary N) is 1. The highest BCUT2D eigenvalue weighted by atomic mass is 32.2. The van der Waals surface area contributed by atoms with Crippen molar-refractivity contribution in [3.8, 4) is 0 Å². The molecule has 0 radical (unpaired) electrons. The third kappa shape index (κ3) is 4.32. The molecule has 0 amide bonds. The summed E-state index contributed by atoms with van der Waals surface area (Å²) >= 11 is -0.0724. The molecule has 0 bridgehead atoms. The topological polar surface area (TPSA) is 55.9 Å². The standard InChI is InChI=1S/C7H11F3N4S/c1-14-4-5(11)6(13-14)12-2-3-15-7(8,9)10/h4H,2-3,11H2,1H3,(H,12,13). The van der Waals surface area contributed by atoms with Gasteiger partial charge in [0.2, 0.25) is 0 Å². The van der Waals surface area contributed by atoms with Gasteiger partial charge in [-0.2, -0.15) is 18.3 Å². The summed E-state index contributed by atoms with van der Waals surface area (Å²) in [5, 5.41) is 6.66. The van der Waals surface area contributed by atoms with Crippen LogP contribution in [0.25, 0.3) is 0 Å². The van der Waals surface area contributed by atoms with E-state index in [0.717, 1.165) is 0 Å². The van der Waals surface area contributed by atoms with E-state index in [2.05, 4.69) is 10.4 Å². The first-order valence-electron chi connectivity index (χ1n) is 4.12. The molecule has 1 aromatic rings. The maximum atomic E-state index is 11.8. The lowest BCUT2D eigenvalue weighted by Gasteiger charge is -2.06. The molecule has 0 saturated heterocycles. The molecule has 0 saturated carbocycles. The Morgan fingerprint density at radius 2 is 2.27 bits per heavy atom. The summed E-state index contributed by atoms with van der Waals surface area (Å²) in [5.41, 5.74) is 1.78. The van der Waals surface area contributed by atoms with E-state index in [1.807, 2.05) is 0 Å². The molecule has 8 heteroatoms. The zero-order valence-electron chi connectivity index (χ0n) is 8.01. The number of rotatable bonds is 4. The molecule has 0 unspecified atom stereocenters. The second-order valence-corrected chi connectivity index (χ2v) is 3.99. The van der Waals surface area contributed by atoms with Gasteiger partial charge in [-0.1, -0.05) is 0 Å². The summed E-state index contributed by atoms with van der Waals surface area (Å²) in [4.78, 5) is 0. The summed E-state index contributed by atoms with van der Waals surface area (Å²) in [6.45, 7) is 0.172. The molecular weight excluding hydrogens is 229 g/mol. The zero-order valence-corrected chi connectivity index (χ0v) is 8.82. The van der Waals surface area contributed by atoms with E-state index in [4.69, 9.17) is 5.73 Å². The van der Waals surface area contributed by atoms with Gasteiger partial charge < -0.3 is 11.1 Å². The third-order valence-corrected chi connectivity index (χ3v) is 2.25. The van der Waals surface area contributed by atoms with Crippen LogP contribution in [-0.4, -0.2) is 27.6 Å². The van der Waals surface area contributed by atoms with Gasteiger partial charge in [-0.15, -0.1) is 0 Å². The minimum atomic E-state index is -4.18. The fourth-order valence-corrected chi connectivity index (χ4v) is 1.42. The van der Waals surface area contributed by atoms with Crippen LogP contribution in [0, 0.1) is 0 Å². The largest absolute Gasteiger partial charge is 0.441 e. The number of thioether (sulfide) groups is 1. The van der Waals surface area contributed by atoms with Crippen molar-refractivity contribution in [1.82, 2.24) is 9.78 Å². The molecule has 3 N–H and O–H groups in total. The summed E-state index contributed by atoms with van der Waals surface area (Å²) < 4.78 is 36.8. The Bertz CT molecular complexity index is 323. The molecule has 0 aliphatic heterocycles. The van der Waals surface area contributed by atoms with Crippen LogP contribution in [0.4, 0.5) is 24.7 Å². The number of aryl methyl sites for hydroxylation is 1. The van der Waals surface area contributed by atoms with Crippen molar-refractivity contribution in [2.45, 2.75) is 5.51 Å². The number of halogens is 3. The van der Waals surface area contributed by atoms with Crippen LogP contribution in [0.5, 0.6) is 0 Å². The average Bonchev–Trinajstić information content (AvgIpc) is 2.37. The Morgan fingerprint density at radius 3 is 2.73 bits per heavy atom. The maximum absolute atomic E-state index is 11.8. The Morgan fingerprint density at radius 1 is 1.60 bits per heavy atom. The Labute approximate surface area is 89.0 Å². The number of hydrogen-bond acceptors (Lipinski definition) is 4. The Kier molecular flexibility index (Phi) is 3.72. The number of hydrogen-bond donors (Lipinski definition) is 2. The molecule has 0 spiro atoms. The van der Waals surface area contributed by atoms with Crippen LogP contribution in [0.3, 0.4) is 0 Å². The van der Waals surface area contributed by atoms with Crippen LogP contribution in [0.1, 0.15) is 0 Å². The minimum absolute atomic E-state index is 0.0699. The van der Waals surface area contributed by atoms with Gasteiger partial charge >= 0.3 is 5.51 Å². The monoisotopic (exact) mass is 240 g/mol. The lowest BCUT2D eigenvalue weighted by Crippen LogP contribution is -2.10. The molecule has 15 heavy (non-hydrogen) atoms. The van der Waals surface area contributed by atoms with Crippen molar-refractivity contribution in [3.63, 3.8) is 0 Å². The van der Waals surface area contributed by atoms with Crippen LogP contribution in [0.2, 0.25) is 0 Å². The zero-order chi connectivity index (χ0) is 11.5. The fraction of sp³-hybridized carbons (Fsp3) is 0.571. The molecule has 1 rings (SSSR count). The first kappa shape index (κ1) is 12.0. The second-order valence-electron chi connectivity index (χ2n) is 2.83. The molecule has 1 heterocycles. The van der Waals surface area contributed by atoms with Gasteiger partial charge in [-0.05, 0) is 11.8 Å². The smallest absolute Gasteiger partial charge is 0.394 e. The highest BCUT2D eigenvalue weighted by Gasteiger charge is 2.27. The molecule has 0 aromatic carbocycles. The minimum Gasteiger partial charge on any atom is -0.394 e. The van der Waals surface area contributed by atoms with E-state index < -0.39 is 5.51 Å². The van der Waals surface area contributed by atoms with Crippen molar-refractivity contribution in [1.29, 1.82) is 0 Å². The number of nitrogen functional groups attached to an aromatic ring is 1. The van der Waals surface area contributed by atoms with Crippen molar-refractivity contribution < 1.29 is 13.2 Å². The van der Waals surface area contributed by atoms with Gasteiger partial charge in [0.05, 0.1) is 5.69 Å². The normalized spacial score (nSPS) is 11.7. The molecule has 4 nitrogen and oxygen atoms in total. The lowest BCUT2D eigenvalue weighted by molar-refractivity contribution is -0.0327. The van der Waals surface area contributed by atoms with Gasteiger partial charge in [-0.25, -0.2) is 0 Å². The molecule has 1 aromatic heterocycles. The van der Waals surface area contributed by atoms with E-state index in [1.54, 1.807) is 13.2 Å². The van der Waals surface area contributed by atoms with Crippen molar-refractivity contribution >= 4 is 23.3 Å². The maximum Gasteiger partial charge on any atom is 0.441 e. The van der Waals surface area contributed by atoms with E-state index in [9.17, 15) is 13.2 Å². The third-order valence-electron chi connectivity index (χ3n) is 1.52. The highest BCUT2D eigenvalue weighted by molar-refractivity contribution is 8.00. The van der Waals surface area contributed by atoms with E-state index in [0.29, 0.717) is 11.5 Å². The van der Waals surface area contributed by atoms with Gasteiger partial charge in [0.1, 0.15) is 0 Å². The SMILES string of the molecule is Cn1cc(N)c(NCCSC(F)(F)F)n1. The van der Waals surface area contributed by atoms with Crippen molar-refractivity contribution in [3.05, 3.63) is 6.20 Å². The van der Waals surface area contributed by atoms with Gasteiger partial charge in [0, 0.05) is 25.5 Å². The Balaban J connectivity index is 2.29. The van der Waals surface area contributed by atoms with E-state index in [-0.39, 0.29) is 24.1 Å². The van der Waals surface area contributed by atoms with Crippen LogP contribution >= 0.6 is 11.8 Å². The summed E-state index contributed by atoms with van der Waals surface area (Å²) in [7, 11) is 1.69.